The van der Waals surface area contributed by atoms with Crippen LogP contribution in [0.25, 0.3) is 0 Å². The van der Waals surface area contributed by atoms with E-state index in [2.05, 4.69) is 83.6 Å². The van der Waals surface area contributed by atoms with Crippen LogP contribution in [0.15, 0.2) is 72.9 Å². The lowest BCUT2D eigenvalue weighted by Crippen LogP contribution is -2.36. The average Bonchev–Trinajstić information content (AvgIpc) is 2.84. The van der Waals surface area contributed by atoms with Crippen LogP contribution in [0.4, 0.5) is 0 Å². The number of carbonyl (C=O) groups is 3. The number of carboxylic acid groups (broad SMARTS) is 1. The summed E-state index contributed by atoms with van der Waals surface area (Å²) in [5.41, 5.74) is 0. The van der Waals surface area contributed by atoms with Crippen molar-refractivity contribution in [1.82, 2.24) is 16.0 Å². The third-order valence-electron chi connectivity index (χ3n) is 4.53. The van der Waals surface area contributed by atoms with Crippen molar-refractivity contribution in [2.24, 2.45) is 0 Å². The largest absolute Gasteiger partial charge is 0.478 e. The molecule has 4 N–H and O–H groups in total. The van der Waals surface area contributed by atoms with Gasteiger partial charge in [-0.05, 0) is 44.9 Å². The van der Waals surface area contributed by atoms with Gasteiger partial charge in [-0.1, -0.05) is 67.7 Å². The number of unbranched alkanes of at least 4 members (excludes halogenated alkanes) is 1. The molecule has 0 rings (SSSR count). The summed E-state index contributed by atoms with van der Waals surface area (Å²) < 4.78 is 0. The lowest BCUT2D eigenvalue weighted by Gasteiger charge is -2.07. The minimum atomic E-state index is -1.16. The fraction of sp³-hybridized carbons (Fsp3) is 0.464. The Balaban J connectivity index is 3.53. The lowest BCUT2D eigenvalue weighted by molar-refractivity contribution is -0.131. The van der Waals surface area contributed by atoms with E-state index in [9.17, 15) is 14.4 Å². The molecular formula is C28H43N3O4. The molecule has 0 aliphatic heterocycles. The summed E-state index contributed by atoms with van der Waals surface area (Å²) in [6, 6.07) is 0. The van der Waals surface area contributed by atoms with Crippen molar-refractivity contribution in [2.75, 3.05) is 26.2 Å². The van der Waals surface area contributed by atoms with E-state index < -0.39 is 11.9 Å². The summed E-state index contributed by atoms with van der Waals surface area (Å²) >= 11 is 0. The van der Waals surface area contributed by atoms with Gasteiger partial charge in [0.2, 0.25) is 11.8 Å². The number of allylic oxidation sites excluding steroid dienone is 10. The van der Waals surface area contributed by atoms with Crippen molar-refractivity contribution in [1.29, 1.82) is 0 Å². The molecule has 7 heteroatoms. The number of hydrogen-bond donors (Lipinski definition) is 4. The van der Waals surface area contributed by atoms with Gasteiger partial charge in [0.05, 0.1) is 0 Å². The second-order valence-corrected chi connectivity index (χ2v) is 7.66. The van der Waals surface area contributed by atoms with Crippen molar-refractivity contribution >= 4 is 17.8 Å². The molecule has 0 aromatic rings. The molecule has 0 aromatic heterocycles. The Hall–Kier alpha value is -3.19. The zero-order valence-electron chi connectivity index (χ0n) is 21.1. The molecule has 0 aliphatic carbocycles. The summed E-state index contributed by atoms with van der Waals surface area (Å²) in [6.45, 7) is 4.17. The molecular weight excluding hydrogens is 442 g/mol. The monoisotopic (exact) mass is 485 g/mol. The second-order valence-electron chi connectivity index (χ2n) is 7.66. The maximum atomic E-state index is 11.8. The van der Waals surface area contributed by atoms with Gasteiger partial charge in [0.25, 0.3) is 0 Å². The van der Waals surface area contributed by atoms with E-state index in [1.807, 2.05) is 0 Å². The van der Waals surface area contributed by atoms with Gasteiger partial charge in [-0.25, -0.2) is 4.79 Å². The SMILES string of the molecule is CCC=CCC=CCC=CCC=CCC=CCCCC(=O)NCCNCCNC(=O)C=CC(=O)O. The number of rotatable bonds is 21. The summed E-state index contributed by atoms with van der Waals surface area (Å²) in [5, 5.41) is 16.9. The summed E-state index contributed by atoms with van der Waals surface area (Å²) in [6.07, 6.45) is 30.6. The summed E-state index contributed by atoms with van der Waals surface area (Å²) in [4.78, 5) is 33.4. The number of hydrogen-bond acceptors (Lipinski definition) is 4. The highest BCUT2D eigenvalue weighted by molar-refractivity contribution is 5.93. The summed E-state index contributed by atoms with van der Waals surface area (Å²) in [7, 11) is 0. The Morgan fingerprint density at radius 2 is 1.17 bits per heavy atom. The molecule has 0 heterocycles. The van der Waals surface area contributed by atoms with Gasteiger partial charge >= 0.3 is 5.97 Å². The van der Waals surface area contributed by atoms with Crippen LogP contribution in [0.2, 0.25) is 0 Å². The molecule has 0 bridgehead atoms. The third-order valence-corrected chi connectivity index (χ3v) is 4.53. The van der Waals surface area contributed by atoms with Crippen LogP contribution in [0.3, 0.4) is 0 Å². The van der Waals surface area contributed by atoms with Gasteiger partial charge in [0, 0.05) is 44.8 Å². The van der Waals surface area contributed by atoms with Crippen LogP contribution in [-0.4, -0.2) is 49.1 Å². The normalized spacial score (nSPS) is 12.3. The highest BCUT2D eigenvalue weighted by Crippen LogP contribution is 1.99. The first-order valence-corrected chi connectivity index (χ1v) is 12.5. The number of carboxylic acids is 1. The highest BCUT2D eigenvalue weighted by atomic mass is 16.4. The number of aliphatic carboxylic acids is 1. The Morgan fingerprint density at radius 1 is 0.657 bits per heavy atom. The van der Waals surface area contributed by atoms with Crippen LogP contribution in [0.5, 0.6) is 0 Å². The zero-order valence-corrected chi connectivity index (χ0v) is 21.1. The van der Waals surface area contributed by atoms with Crippen molar-refractivity contribution in [3.8, 4) is 0 Å². The predicted octanol–water partition coefficient (Wildman–Crippen LogP) is 4.37. The van der Waals surface area contributed by atoms with E-state index in [1.54, 1.807) is 0 Å². The quantitative estimate of drug-likeness (QED) is 0.110. The maximum Gasteiger partial charge on any atom is 0.328 e. The first-order chi connectivity index (χ1) is 17.1. The predicted molar refractivity (Wildman–Crippen MR) is 144 cm³/mol. The van der Waals surface area contributed by atoms with Gasteiger partial charge in [-0.3, -0.25) is 9.59 Å². The van der Waals surface area contributed by atoms with Gasteiger partial charge in [-0.2, -0.15) is 0 Å². The fourth-order valence-electron chi connectivity index (χ4n) is 2.73. The van der Waals surface area contributed by atoms with Gasteiger partial charge < -0.3 is 21.1 Å². The topological polar surface area (TPSA) is 108 Å². The van der Waals surface area contributed by atoms with Crippen LogP contribution in [-0.2, 0) is 14.4 Å². The molecule has 35 heavy (non-hydrogen) atoms. The van der Waals surface area contributed by atoms with Crippen molar-refractivity contribution in [3.05, 3.63) is 72.9 Å². The van der Waals surface area contributed by atoms with Crippen molar-refractivity contribution in [3.63, 3.8) is 0 Å². The number of nitrogens with one attached hydrogen (secondary N) is 3. The third kappa shape index (κ3) is 26.9. The van der Waals surface area contributed by atoms with E-state index in [0.29, 0.717) is 32.6 Å². The number of carbonyl (C=O) groups excluding carboxylic acids is 2. The smallest absolute Gasteiger partial charge is 0.328 e. The zero-order chi connectivity index (χ0) is 25.8. The highest BCUT2D eigenvalue weighted by Gasteiger charge is 1.99. The van der Waals surface area contributed by atoms with Crippen LogP contribution in [0.1, 0.15) is 58.3 Å². The molecule has 0 atom stereocenters. The van der Waals surface area contributed by atoms with E-state index in [0.717, 1.165) is 57.1 Å². The minimum absolute atomic E-state index is 0.0336. The van der Waals surface area contributed by atoms with E-state index in [1.165, 1.54) is 0 Å². The lowest BCUT2D eigenvalue weighted by atomic mass is 10.2. The molecule has 7 nitrogen and oxygen atoms in total. The van der Waals surface area contributed by atoms with E-state index in [-0.39, 0.29) is 5.91 Å². The van der Waals surface area contributed by atoms with Gasteiger partial charge in [0.15, 0.2) is 0 Å². The van der Waals surface area contributed by atoms with Gasteiger partial charge in [-0.15, -0.1) is 0 Å². The molecule has 0 unspecified atom stereocenters. The maximum absolute atomic E-state index is 11.8. The second kappa shape index (κ2) is 25.4. The molecule has 0 fully saturated rings. The fourth-order valence-corrected chi connectivity index (χ4v) is 2.73. The van der Waals surface area contributed by atoms with Crippen LogP contribution >= 0.6 is 0 Å². The Kier molecular flexibility index (Phi) is 23.1. The molecule has 194 valence electrons. The molecule has 2 amide bonds. The minimum Gasteiger partial charge on any atom is -0.478 e. The van der Waals surface area contributed by atoms with Crippen LogP contribution in [0, 0.1) is 0 Å². The average molecular weight is 486 g/mol. The molecule has 0 spiro atoms. The molecule has 0 saturated heterocycles. The molecule has 0 aliphatic rings. The van der Waals surface area contributed by atoms with Crippen molar-refractivity contribution < 1.29 is 19.5 Å². The van der Waals surface area contributed by atoms with Crippen molar-refractivity contribution in [2.45, 2.75) is 58.3 Å². The Morgan fingerprint density at radius 3 is 1.71 bits per heavy atom. The van der Waals surface area contributed by atoms with Gasteiger partial charge in [0.1, 0.15) is 0 Å². The molecule has 0 aromatic carbocycles. The standard InChI is InChI=1S/C28H43N3O4/c1-2-3-4-5-6-7-8-9-10-11-12-13-14-15-16-17-18-19-26(32)30-24-22-29-23-25-31-27(33)20-21-28(34)35/h3-4,6-7,9-10,12-13,15-16,20-21,29H,2,5,8,11,14,17-19,22-25H2,1H3,(H,30,32)(H,31,33)(H,34,35). The molecule has 0 saturated carbocycles. The van der Waals surface area contributed by atoms with E-state index in [4.69, 9.17) is 5.11 Å². The Bertz CT molecular complexity index is 749. The van der Waals surface area contributed by atoms with Crippen LogP contribution < -0.4 is 16.0 Å². The van der Waals surface area contributed by atoms with E-state index >= 15 is 0 Å². The summed E-state index contributed by atoms with van der Waals surface area (Å²) in [5.74, 6) is -1.58. The first kappa shape index (κ1) is 31.8. The Labute approximate surface area is 210 Å². The number of amides is 2. The molecule has 0 radical (unpaired) electrons. The first-order valence-electron chi connectivity index (χ1n) is 12.5.